The number of hydrogen-bond donors (Lipinski definition) is 1. The summed E-state index contributed by atoms with van der Waals surface area (Å²) in [5, 5.41) is 4.07. The fourth-order valence-electron chi connectivity index (χ4n) is 2.71. The molecule has 0 aliphatic carbocycles. The molecule has 0 aliphatic rings. The summed E-state index contributed by atoms with van der Waals surface area (Å²) in [6.45, 7) is 6.26. The van der Waals surface area contributed by atoms with Gasteiger partial charge in [0, 0.05) is 11.1 Å². The van der Waals surface area contributed by atoms with Crippen LogP contribution >= 0.6 is 0 Å². The van der Waals surface area contributed by atoms with Crippen molar-refractivity contribution in [3.63, 3.8) is 0 Å². The fraction of sp³-hybridized carbons (Fsp3) is 0.200. The maximum atomic E-state index is 12.6. The molecule has 3 aromatic rings. The van der Waals surface area contributed by atoms with Crippen LogP contribution in [0.15, 0.2) is 54.6 Å². The predicted molar refractivity (Wildman–Crippen MR) is 95.0 cm³/mol. The van der Waals surface area contributed by atoms with Crippen molar-refractivity contribution in [1.29, 1.82) is 0 Å². The fourth-order valence-corrected chi connectivity index (χ4v) is 2.71. The Hall–Kier alpha value is -2.68. The van der Waals surface area contributed by atoms with E-state index < -0.39 is 0 Å². The Labute approximate surface area is 136 Å². The number of rotatable bonds is 3. The lowest BCUT2D eigenvalue weighted by atomic mass is 9.98. The summed E-state index contributed by atoms with van der Waals surface area (Å²) in [4.78, 5) is 17.1. The molecule has 1 heterocycles. The highest BCUT2D eigenvalue weighted by molar-refractivity contribution is 6.04. The van der Waals surface area contributed by atoms with Gasteiger partial charge in [0.15, 0.2) is 0 Å². The number of anilines is 1. The largest absolute Gasteiger partial charge is 0.320 e. The Morgan fingerprint density at radius 3 is 2.57 bits per heavy atom. The van der Waals surface area contributed by atoms with Crippen LogP contribution in [0.2, 0.25) is 0 Å². The lowest BCUT2D eigenvalue weighted by Gasteiger charge is -2.16. The topological polar surface area (TPSA) is 42.0 Å². The maximum absolute atomic E-state index is 12.6. The maximum Gasteiger partial charge on any atom is 0.274 e. The van der Waals surface area contributed by atoms with Crippen molar-refractivity contribution in [2.75, 3.05) is 5.32 Å². The molecule has 3 nitrogen and oxygen atoms in total. The van der Waals surface area contributed by atoms with Gasteiger partial charge in [-0.1, -0.05) is 56.3 Å². The zero-order valence-corrected chi connectivity index (χ0v) is 13.6. The van der Waals surface area contributed by atoms with Crippen molar-refractivity contribution in [2.45, 2.75) is 26.7 Å². The minimum absolute atomic E-state index is 0.174. The van der Waals surface area contributed by atoms with E-state index >= 15 is 0 Å². The first-order valence-electron chi connectivity index (χ1n) is 7.83. The summed E-state index contributed by atoms with van der Waals surface area (Å²) in [5.41, 5.74) is 4.35. The normalized spacial score (nSPS) is 11.0. The van der Waals surface area contributed by atoms with E-state index in [1.807, 2.05) is 49.4 Å². The highest BCUT2D eigenvalue weighted by atomic mass is 16.1. The van der Waals surface area contributed by atoms with Crippen molar-refractivity contribution in [3.8, 4) is 0 Å². The molecule has 0 radical (unpaired) electrons. The van der Waals surface area contributed by atoms with Gasteiger partial charge < -0.3 is 5.32 Å². The smallest absolute Gasteiger partial charge is 0.274 e. The quantitative estimate of drug-likeness (QED) is 0.746. The van der Waals surface area contributed by atoms with Gasteiger partial charge in [-0.25, -0.2) is 4.98 Å². The van der Waals surface area contributed by atoms with Crippen LogP contribution < -0.4 is 5.32 Å². The van der Waals surface area contributed by atoms with E-state index in [0.29, 0.717) is 11.6 Å². The molecule has 0 bridgehead atoms. The zero-order valence-electron chi connectivity index (χ0n) is 13.6. The van der Waals surface area contributed by atoms with Crippen LogP contribution in [0.5, 0.6) is 0 Å². The number of para-hydroxylation sites is 2. The Bertz CT molecular complexity index is 868. The van der Waals surface area contributed by atoms with Gasteiger partial charge in [-0.05, 0) is 36.1 Å². The summed E-state index contributed by atoms with van der Waals surface area (Å²) >= 11 is 0. The number of pyridine rings is 1. The number of benzene rings is 2. The molecule has 0 atom stereocenters. The number of carbonyl (C=O) groups is 1. The lowest BCUT2D eigenvalue weighted by molar-refractivity contribution is 0.102. The molecule has 0 saturated heterocycles. The molecule has 0 aliphatic heterocycles. The third-order valence-corrected chi connectivity index (χ3v) is 4.00. The first-order chi connectivity index (χ1) is 11.1. The van der Waals surface area contributed by atoms with Gasteiger partial charge in [-0.3, -0.25) is 4.79 Å². The zero-order chi connectivity index (χ0) is 16.4. The summed E-state index contributed by atoms with van der Waals surface area (Å²) in [6, 6.07) is 17.6. The minimum Gasteiger partial charge on any atom is -0.320 e. The summed E-state index contributed by atoms with van der Waals surface area (Å²) in [5.74, 6) is 0.168. The third-order valence-electron chi connectivity index (χ3n) is 4.00. The Morgan fingerprint density at radius 2 is 1.78 bits per heavy atom. The number of nitrogens with one attached hydrogen (secondary N) is 1. The summed E-state index contributed by atoms with van der Waals surface area (Å²) < 4.78 is 0. The van der Waals surface area contributed by atoms with E-state index in [1.165, 1.54) is 0 Å². The predicted octanol–water partition coefficient (Wildman–Crippen LogP) is 4.92. The number of amides is 1. The average molecular weight is 304 g/mol. The number of fused-ring (bicyclic) bond motifs is 1. The van der Waals surface area contributed by atoms with E-state index in [-0.39, 0.29) is 5.91 Å². The van der Waals surface area contributed by atoms with Gasteiger partial charge in [-0.15, -0.1) is 0 Å². The molecule has 1 N–H and O–H groups in total. The van der Waals surface area contributed by atoms with Gasteiger partial charge in [0.25, 0.3) is 5.91 Å². The molecule has 3 rings (SSSR count). The number of aryl methyl sites for hydroxylation is 1. The van der Waals surface area contributed by atoms with Gasteiger partial charge in [0.2, 0.25) is 0 Å². The van der Waals surface area contributed by atoms with E-state index in [1.54, 1.807) is 6.07 Å². The lowest BCUT2D eigenvalue weighted by Crippen LogP contribution is -2.16. The van der Waals surface area contributed by atoms with E-state index in [4.69, 9.17) is 0 Å². The molecule has 23 heavy (non-hydrogen) atoms. The highest BCUT2D eigenvalue weighted by Crippen LogP contribution is 2.27. The number of aromatic nitrogens is 1. The third kappa shape index (κ3) is 3.09. The van der Waals surface area contributed by atoms with Crippen LogP contribution in [0.4, 0.5) is 5.69 Å². The van der Waals surface area contributed by atoms with E-state index in [2.05, 4.69) is 30.2 Å². The highest BCUT2D eigenvalue weighted by Gasteiger charge is 2.14. The molecule has 3 heteroatoms. The Morgan fingerprint density at radius 1 is 1.00 bits per heavy atom. The second-order valence-corrected chi connectivity index (χ2v) is 6.04. The van der Waals surface area contributed by atoms with Crippen molar-refractivity contribution >= 4 is 22.5 Å². The second kappa shape index (κ2) is 6.21. The van der Waals surface area contributed by atoms with Crippen molar-refractivity contribution < 1.29 is 4.79 Å². The van der Waals surface area contributed by atoms with E-state index in [9.17, 15) is 4.79 Å². The van der Waals surface area contributed by atoms with Crippen LogP contribution in [0.3, 0.4) is 0 Å². The average Bonchev–Trinajstić information content (AvgIpc) is 2.56. The summed E-state index contributed by atoms with van der Waals surface area (Å²) in [6.07, 6.45) is 0. The number of nitrogens with zero attached hydrogens (tertiary/aromatic N) is 1. The number of hydrogen-bond acceptors (Lipinski definition) is 2. The monoisotopic (exact) mass is 304 g/mol. The minimum atomic E-state index is -0.174. The molecule has 0 fully saturated rings. The second-order valence-electron chi connectivity index (χ2n) is 6.04. The van der Waals surface area contributed by atoms with Crippen LogP contribution in [0.25, 0.3) is 10.9 Å². The van der Waals surface area contributed by atoms with Crippen LogP contribution in [0, 0.1) is 6.92 Å². The van der Waals surface area contributed by atoms with Crippen molar-refractivity contribution in [3.05, 3.63) is 71.4 Å². The first kappa shape index (κ1) is 15.2. The number of carbonyl (C=O) groups excluding carboxylic acids is 1. The Kier molecular flexibility index (Phi) is 4.11. The van der Waals surface area contributed by atoms with Gasteiger partial charge >= 0.3 is 0 Å². The molecular weight excluding hydrogens is 284 g/mol. The van der Waals surface area contributed by atoms with Gasteiger partial charge in [-0.2, -0.15) is 0 Å². The molecular formula is C20H20N2O. The molecule has 0 unspecified atom stereocenters. The van der Waals surface area contributed by atoms with Crippen LogP contribution in [-0.4, -0.2) is 10.9 Å². The van der Waals surface area contributed by atoms with Crippen molar-refractivity contribution in [1.82, 2.24) is 4.98 Å². The molecule has 1 aromatic heterocycles. The molecule has 2 aromatic carbocycles. The van der Waals surface area contributed by atoms with Crippen LogP contribution in [-0.2, 0) is 0 Å². The molecule has 116 valence electrons. The van der Waals surface area contributed by atoms with Crippen LogP contribution in [0.1, 0.15) is 41.4 Å². The van der Waals surface area contributed by atoms with Gasteiger partial charge in [0.05, 0.1) is 5.52 Å². The molecule has 0 spiro atoms. The Balaban J connectivity index is 1.95. The SMILES string of the molecule is Cc1cccc(C(C)C)c1NC(=O)c1ccc2ccccc2n1. The van der Waals surface area contributed by atoms with Gasteiger partial charge in [0.1, 0.15) is 5.69 Å². The first-order valence-corrected chi connectivity index (χ1v) is 7.83. The molecule has 0 saturated carbocycles. The molecule has 1 amide bonds. The summed E-state index contributed by atoms with van der Waals surface area (Å²) in [7, 11) is 0. The van der Waals surface area contributed by atoms with Crippen molar-refractivity contribution in [2.24, 2.45) is 0 Å². The standard InChI is InChI=1S/C20H20N2O/c1-13(2)16-9-6-7-14(3)19(16)22-20(23)18-12-11-15-8-4-5-10-17(15)21-18/h4-13H,1-3H3,(H,22,23). The van der Waals surface area contributed by atoms with E-state index in [0.717, 1.165) is 27.7 Å².